The molecule has 2 aromatic rings. The standard InChI is InChI=1S/C18H16ClNO4/c1-23-14-8-6-13(7-9-14)20-11-12(10-17(20)21)18(22)24-16-5-3-2-4-15(16)19/h2-9,12H,10-11H2,1H3/t12-/m0/s1. The lowest BCUT2D eigenvalue weighted by molar-refractivity contribution is -0.139. The Morgan fingerprint density at radius 3 is 2.54 bits per heavy atom. The van der Waals surface area contributed by atoms with E-state index in [0.717, 1.165) is 5.69 Å². The van der Waals surface area contributed by atoms with Crippen LogP contribution < -0.4 is 14.4 Å². The van der Waals surface area contributed by atoms with E-state index in [2.05, 4.69) is 0 Å². The Bertz CT molecular complexity index is 760. The number of halogens is 1. The second kappa shape index (κ2) is 6.93. The van der Waals surface area contributed by atoms with Gasteiger partial charge in [-0.2, -0.15) is 0 Å². The molecule has 24 heavy (non-hydrogen) atoms. The molecule has 1 amide bonds. The summed E-state index contributed by atoms with van der Waals surface area (Å²) >= 11 is 5.99. The van der Waals surface area contributed by atoms with E-state index in [1.165, 1.54) is 0 Å². The minimum absolute atomic E-state index is 0.110. The van der Waals surface area contributed by atoms with Gasteiger partial charge in [0.25, 0.3) is 0 Å². The van der Waals surface area contributed by atoms with Crippen LogP contribution in [0.15, 0.2) is 48.5 Å². The van der Waals surface area contributed by atoms with Gasteiger partial charge in [-0.05, 0) is 36.4 Å². The zero-order valence-corrected chi connectivity index (χ0v) is 13.8. The Balaban J connectivity index is 1.69. The van der Waals surface area contributed by atoms with Crippen LogP contribution in [0, 0.1) is 5.92 Å². The molecule has 0 aliphatic carbocycles. The Hall–Kier alpha value is -2.53. The maximum absolute atomic E-state index is 12.3. The molecular weight excluding hydrogens is 330 g/mol. The fourth-order valence-electron chi connectivity index (χ4n) is 2.60. The molecule has 1 heterocycles. The zero-order chi connectivity index (χ0) is 17.1. The minimum atomic E-state index is -0.518. The summed E-state index contributed by atoms with van der Waals surface area (Å²) in [7, 11) is 1.58. The number of hydrogen-bond acceptors (Lipinski definition) is 4. The first-order valence-electron chi connectivity index (χ1n) is 7.49. The average molecular weight is 346 g/mol. The highest BCUT2D eigenvalue weighted by atomic mass is 35.5. The van der Waals surface area contributed by atoms with E-state index >= 15 is 0 Å². The van der Waals surface area contributed by atoms with Crippen LogP contribution >= 0.6 is 11.6 Å². The van der Waals surface area contributed by atoms with Crippen molar-refractivity contribution in [2.45, 2.75) is 6.42 Å². The molecule has 0 aromatic heterocycles. The van der Waals surface area contributed by atoms with Crippen molar-refractivity contribution in [2.24, 2.45) is 5.92 Å². The number of carbonyl (C=O) groups excluding carboxylic acids is 2. The maximum atomic E-state index is 12.3. The van der Waals surface area contributed by atoms with Crippen LogP contribution in [0.25, 0.3) is 0 Å². The molecule has 0 unspecified atom stereocenters. The van der Waals surface area contributed by atoms with Crippen LogP contribution in [0.2, 0.25) is 5.02 Å². The average Bonchev–Trinajstić information content (AvgIpc) is 2.99. The highest BCUT2D eigenvalue weighted by molar-refractivity contribution is 6.32. The van der Waals surface area contributed by atoms with Crippen molar-refractivity contribution in [3.63, 3.8) is 0 Å². The SMILES string of the molecule is COc1ccc(N2C[C@@H](C(=O)Oc3ccccc3Cl)CC2=O)cc1. The molecule has 0 saturated carbocycles. The topological polar surface area (TPSA) is 55.8 Å². The maximum Gasteiger partial charge on any atom is 0.316 e. The number of amides is 1. The third-order valence-corrected chi connectivity index (χ3v) is 4.20. The molecule has 0 N–H and O–H groups in total. The van der Waals surface area contributed by atoms with Crippen LogP contribution in [0.4, 0.5) is 5.69 Å². The molecule has 0 spiro atoms. The number of benzene rings is 2. The summed E-state index contributed by atoms with van der Waals surface area (Å²) in [6, 6.07) is 13.9. The fraction of sp³-hybridized carbons (Fsp3) is 0.222. The van der Waals surface area contributed by atoms with Crippen molar-refractivity contribution in [1.82, 2.24) is 0 Å². The Kier molecular flexibility index (Phi) is 4.71. The Morgan fingerprint density at radius 1 is 1.17 bits per heavy atom. The van der Waals surface area contributed by atoms with Crippen molar-refractivity contribution >= 4 is 29.2 Å². The zero-order valence-electron chi connectivity index (χ0n) is 13.1. The van der Waals surface area contributed by atoms with E-state index in [1.54, 1.807) is 60.5 Å². The Morgan fingerprint density at radius 2 is 1.88 bits per heavy atom. The number of anilines is 1. The van der Waals surface area contributed by atoms with Gasteiger partial charge in [-0.15, -0.1) is 0 Å². The van der Waals surface area contributed by atoms with E-state index in [0.29, 0.717) is 16.5 Å². The number of rotatable bonds is 4. The summed E-state index contributed by atoms with van der Waals surface area (Å²) in [5.74, 6) is -0.0656. The number of hydrogen-bond donors (Lipinski definition) is 0. The molecule has 0 bridgehead atoms. The molecule has 0 radical (unpaired) electrons. The highest BCUT2D eigenvalue weighted by Crippen LogP contribution is 2.29. The van der Waals surface area contributed by atoms with Gasteiger partial charge in [0.2, 0.25) is 5.91 Å². The molecule has 2 aromatic carbocycles. The number of para-hydroxylation sites is 1. The van der Waals surface area contributed by atoms with Gasteiger partial charge in [0.05, 0.1) is 18.1 Å². The van der Waals surface area contributed by atoms with Crippen LogP contribution in [0.1, 0.15) is 6.42 Å². The molecule has 1 saturated heterocycles. The predicted molar refractivity (Wildman–Crippen MR) is 90.5 cm³/mol. The summed E-state index contributed by atoms with van der Waals surface area (Å²) in [6.07, 6.45) is 0.120. The van der Waals surface area contributed by atoms with Gasteiger partial charge >= 0.3 is 5.97 Å². The van der Waals surface area contributed by atoms with Gasteiger partial charge in [-0.25, -0.2) is 0 Å². The lowest BCUT2D eigenvalue weighted by Gasteiger charge is -2.17. The van der Waals surface area contributed by atoms with E-state index in [4.69, 9.17) is 21.1 Å². The largest absolute Gasteiger partial charge is 0.497 e. The van der Waals surface area contributed by atoms with Crippen molar-refractivity contribution in [1.29, 1.82) is 0 Å². The molecule has 1 atom stereocenters. The van der Waals surface area contributed by atoms with Crippen molar-refractivity contribution in [3.8, 4) is 11.5 Å². The monoisotopic (exact) mass is 345 g/mol. The normalized spacial score (nSPS) is 17.0. The summed E-state index contributed by atoms with van der Waals surface area (Å²) in [5.41, 5.74) is 0.730. The van der Waals surface area contributed by atoms with Crippen molar-refractivity contribution < 1.29 is 19.1 Å². The second-order valence-corrected chi connectivity index (χ2v) is 5.86. The molecule has 124 valence electrons. The lowest BCUT2D eigenvalue weighted by atomic mass is 10.1. The van der Waals surface area contributed by atoms with E-state index in [-0.39, 0.29) is 18.9 Å². The van der Waals surface area contributed by atoms with Gasteiger partial charge in [0, 0.05) is 18.7 Å². The summed E-state index contributed by atoms with van der Waals surface area (Å²) in [5, 5.41) is 0.363. The van der Waals surface area contributed by atoms with Crippen molar-refractivity contribution in [3.05, 3.63) is 53.6 Å². The van der Waals surface area contributed by atoms with E-state index in [9.17, 15) is 9.59 Å². The minimum Gasteiger partial charge on any atom is -0.497 e. The molecular formula is C18H16ClNO4. The number of esters is 1. The van der Waals surface area contributed by atoms with Crippen LogP contribution in [-0.4, -0.2) is 25.5 Å². The molecule has 3 rings (SSSR count). The first-order valence-corrected chi connectivity index (χ1v) is 7.87. The number of nitrogens with zero attached hydrogens (tertiary/aromatic N) is 1. The smallest absolute Gasteiger partial charge is 0.316 e. The van der Waals surface area contributed by atoms with Crippen LogP contribution in [0.5, 0.6) is 11.5 Å². The van der Waals surface area contributed by atoms with Gasteiger partial charge < -0.3 is 14.4 Å². The molecule has 1 aliphatic heterocycles. The molecule has 6 heteroatoms. The third kappa shape index (κ3) is 3.36. The van der Waals surface area contributed by atoms with Gasteiger partial charge in [-0.1, -0.05) is 23.7 Å². The lowest BCUT2D eigenvalue weighted by Crippen LogP contribution is -2.27. The van der Waals surface area contributed by atoms with Gasteiger partial charge in [0.1, 0.15) is 11.5 Å². The van der Waals surface area contributed by atoms with Crippen LogP contribution in [-0.2, 0) is 9.59 Å². The number of ether oxygens (including phenoxy) is 2. The van der Waals surface area contributed by atoms with Crippen LogP contribution in [0.3, 0.4) is 0 Å². The van der Waals surface area contributed by atoms with E-state index < -0.39 is 11.9 Å². The van der Waals surface area contributed by atoms with Gasteiger partial charge in [0.15, 0.2) is 0 Å². The first-order chi connectivity index (χ1) is 11.6. The second-order valence-electron chi connectivity index (χ2n) is 5.45. The predicted octanol–water partition coefficient (Wildman–Crippen LogP) is 3.31. The summed E-state index contributed by atoms with van der Waals surface area (Å²) in [6.45, 7) is 0.286. The number of methoxy groups -OCH3 is 1. The number of carbonyl (C=O) groups is 2. The van der Waals surface area contributed by atoms with Crippen molar-refractivity contribution in [2.75, 3.05) is 18.6 Å². The van der Waals surface area contributed by atoms with E-state index in [1.807, 2.05) is 0 Å². The molecule has 5 nitrogen and oxygen atoms in total. The summed E-state index contributed by atoms with van der Waals surface area (Å²) in [4.78, 5) is 26.1. The highest BCUT2D eigenvalue weighted by Gasteiger charge is 2.36. The Labute approximate surface area is 144 Å². The molecule has 1 aliphatic rings. The summed E-state index contributed by atoms with van der Waals surface area (Å²) < 4.78 is 10.4. The molecule has 1 fully saturated rings. The third-order valence-electron chi connectivity index (χ3n) is 3.89. The first kappa shape index (κ1) is 16.3. The van der Waals surface area contributed by atoms with Gasteiger partial charge in [-0.3, -0.25) is 9.59 Å². The fourth-order valence-corrected chi connectivity index (χ4v) is 2.77. The quantitative estimate of drug-likeness (QED) is 0.630.